The summed E-state index contributed by atoms with van der Waals surface area (Å²) in [7, 11) is 2.59. The monoisotopic (exact) mass is 997 g/mol. The van der Waals surface area contributed by atoms with Crippen LogP contribution in [0.2, 0.25) is 0 Å². The first-order valence-corrected chi connectivity index (χ1v) is 25.6. The Morgan fingerprint density at radius 2 is 1.54 bits per heavy atom. The van der Waals surface area contributed by atoms with E-state index in [1.807, 2.05) is 44.2 Å². The van der Waals surface area contributed by atoms with Gasteiger partial charge in [-0.1, -0.05) is 84.7 Å². The Bertz CT molecular complexity index is 1960. The van der Waals surface area contributed by atoms with Crippen LogP contribution in [0.3, 0.4) is 0 Å². The standard InChI is InChI=1S/C33H47N3O9S.C13H28N2O.C3H6ClNO/c1-33(2,13-6-7-14-34)22-36(46(39,40)24-10-11-28-29(19-24)42-17-16-41-28)20-27(37)26(18-23-8-4-3-5-9-23)35-32(38)45-30-21-44-31-25(30)12-15-43-31;1-11(2)13(3,4)9-7-8-10-14-12(16)15(5)6;1-5(2)3(4)6/h3-5,8-11,19,25-27,30-31,37H,6-7,12-18,20-22,34H2,1-2H3,(H,35,38);11H,7-10H2,1-6H3,(H,14,16);1-2H3/t25-,26-,27+,30-,31+;;/m0../s1. The molecule has 2 fully saturated rings. The fourth-order valence-corrected chi connectivity index (χ4v) is 9.25. The molecule has 19 heteroatoms. The van der Waals surface area contributed by atoms with Crippen LogP contribution in [0.25, 0.3) is 0 Å². The van der Waals surface area contributed by atoms with Crippen molar-refractivity contribution in [2.75, 3.05) is 80.8 Å². The Labute approximate surface area is 411 Å². The lowest BCUT2D eigenvalue weighted by Gasteiger charge is -2.35. The van der Waals surface area contributed by atoms with E-state index in [4.69, 9.17) is 41.0 Å². The van der Waals surface area contributed by atoms with Gasteiger partial charge in [0.1, 0.15) is 19.3 Å². The van der Waals surface area contributed by atoms with Crippen molar-refractivity contribution in [1.29, 1.82) is 0 Å². The molecule has 0 bridgehead atoms. The normalized spacial score (nSPS) is 18.5. The van der Waals surface area contributed by atoms with Crippen LogP contribution in [0, 0.1) is 22.7 Å². The first-order valence-electron chi connectivity index (χ1n) is 23.8. The number of sulfonamides is 1. The molecule has 386 valence electrons. The van der Waals surface area contributed by atoms with Crippen molar-refractivity contribution in [3.63, 3.8) is 0 Å². The quantitative estimate of drug-likeness (QED) is 0.0562. The smallest absolute Gasteiger partial charge is 0.407 e. The zero-order valence-electron chi connectivity index (χ0n) is 42.1. The van der Waals surface area contributed by atoms with Crippen LogP contribution in [-0.2, 0) is 30.7 Å². The highest BCUT2D eigenvalue weighted by molar-refractivity contribution is 7.89. The highest BCUT2D eigenvalue weighted by Crippen LogP contribution is 2.36. The number of aliphatic hydroxyl groups excluding tert-OH is 1. The molecule has 68 heavy (non-hydrogen) atoms. The first-order chi connectivity index (χ1) is 32.0. The van der Waals surface area contributed by atoms with Gasteiger partial charge >= 0.3 is 17.5 Å². The number of nitrogens with one attached hydrogen (secondary N) is 2. The molecule has 3 aliphatic heterocycles. The number of carbonyl (C=O) groups is 3. The van der Waals surface area contributed by atoms with Gasteiger partial charge in [-0.25, -0.2) is 18.0 Å². The molecule has 0 saturated carbocycles. The van der Waals surface area contributed by atoms with Crippen LogP contribution in [-0.4, -0.2) is 150 Å². The number of nitrogens with zero attached hydrogens (tertiary/aromatic N) is 3. The number of rotatable bonds is 21. The summed E-state index contributed by atoms with van der Waals surface area (Å²) in [5.74, 6) is 1.50. The van der Waals surface area contributed by atoms with Crippen molar-refractivity contribution in [2.24, 2.45) is 28.4 Å². The summed E-state index contributed by atoms with van der Waals surface area (Å²) < 4.78 is 58.0. The largest absolute Gasteiger partial charge is 0.486 e. The van der Waals surface area contributed by atoms with Crippen LogP contribution in [0.15, 0.2) is 53.4 Å². The summed E-state index contributed by atoms with van der Waals surface area (Å²) in [5.41, 5.74) is 6.56. The summed E-state index contributed by atoms with van der Waals surface area (Å²) in [6, 6.07) is 13.1. The average molecular weight is 998 g/mol. The van der Waals surface area contributed by atoms with E-state index in [1.54, 1.807) is 39.2 Å². The van der Waals surface area contributed by atoms with Crippen LogP contribution in [0.4, 0.5) is 14.4 Å². The zero-order chi connectivity index (χ0) is 50.7. The second kappa shape index (κ2) is 28.1. The molecule has 5 rings (SSSR count). The topological polar surface area (TPSA) is 212 Å². The van der Waals surface area contributed by atoms with E-state index in [0.717, 1.165) is 44.2 Å². The molecule has 5 atom stereocenters. The van der Waals surface area contributed by atoms with Gasteiger partial charge in [0.25, 0.3) is 0 Å². The number of hydrogen-bond donors (Lipinski definition) is 4. The van der Waals surface area contributed by atoms with E-state index in [1.165, 1.54) is 34.2 Å². The third-order valence-corrected chi connectivity index (χ3v) is 14.8. The molecule has 2 saturated heterocycles. The Morgan fingerprint density at radius 1 is 0.897 bits per heavy atom. The minimum Gasteiger partial charge on any atom is -0.486 e. The fourth-order valence-electron chi connectivity index (χ4n) is 7.59. The highest BCUT2D eigenvalue weighted by atomic mass is 35.5. The van der Waals surface area contributed by atoms with Gasteiger partial charge < -0.3 is 55.0 Å². The van der Waals surface area contributed by atoms with E-state index < -0.39 is 45.1 Å². The minimum absolute atomic E-state index is 0.00289. The molecular formula is C49H81ClN6O11S. The van der Waals surface area contributed by atoms with E-state index >= 15 is 0 Å². The highest BCUT2D eigenvalue weighted by Gasteiger charge is 2.44. The molecule has 0 unspecified atom stereocenters. The minimum atomic E-state index is -4.12. The third-order valence-electron chi connectivity index (χ3n) is 12.6. The van der Waals surface area contributed by atoms with E-state index in [0.29, 0.717) is 49.2 Å². The Hall–Kier alpha value is -3.91. The van der Waals surface area contributed by atoms with Gasteiger partial charge in [0.05, 0.1) is 36.2 Å². The second-order valence-corrected chi connectivity index (χ2v) is 22.1. The van der Waals surface area contributed by atoms with Crippen molar-refractivity contribution < 1.29 is 51.6 Å². The Morgan fingerprint density at radius 3 is 2.16 bits per heavy atom. The van der Waals surface area contributed by atoms with E-state index in [9.17, 15) is 27.9 Å². The Kier molecular flexibility index (Phi) is 24.1. The summed E-state index contributed by atoms with van der Waals surface area (Å²) in [6.07, 6.45) is 4.03. The van der Waals surface area contributed by atoms with Gasteiger partial charge in [0.2, 0.25) is 10.0 Å². The lowest BCUT2D eigenvalue weighted by atomic mass is 9.77. The molecule has 3 aliphatic rings. The molecule has 0 aromatic heterocycles. The zero-order valence-corrected chi connectivity index (χ0v) is 43.7. The predicted octanol–water partition coefficient (Wildman–Crippen LogP) is 7.08. The van der Waals surface area contributed by atoms with Gasteiger partial charge in [0.15, 0.2) is 17.8 Å². The Balaban J connectivity index is 0.000000462. The van der Waals surface area contributed by atoms with Crippen LogP contribution in [0.1, 0.15) is 92.1 Å². The number of urea groups is 1. The van der Waals surface area contributed by atoms with Gasteiger partial charge in [0, 0.05) is 53.9 Å². The molecule has 3 heterocycles. The van der Waals surface area contributed by atoms with Crippen molar-refractivity contribution in [3.05, 3.63) is 54.1 Å². The first kappa shape index (κ1) is 58.4. The number of hydrogen-bond acceptors (Lipinski definition) is 12. The molecule has 0 aliphatic carbocycles. The van der Waals surface area contributed by atoms with Gasteiger partial charge in [-0.15, -0.1) is 0 Å². The number of unbranched alkanes of at least 4 members (excludes halogenated alkanes) is 2. The number of halogens is 1. The number of benzene rings is 2. The molecule has 17 nitrogen and oxygen atoms in total. The van der Waals surface area contributed by atoms with Gasteiger partial charge in [-0.05, 0) is 91.1 Å². The maximum Gasteiger partial charge on any atom is 0.407 e. The van der Waals surface area contributed by atoms with Gasteiger partial charge in [-0.2, -0.15) is 4.31 Å². The molecule has 5 N–H and O–H groups in total. The van der Waals surface area contributed by atoms with Crippen molar-refractivity contribution >= 4 is 39.1 Å². The fraction of sp³-hybridized carbons (Fsp3) is 0.694. The maximum atomic E-state index is 14.3. The number of ether oxygens (including phenoxy) is 5. The SMILES string of the molecule is CC(C)(CCCCN)CN(C[C@@H](O)[C@H](Cc1ccccc1)NC(=O)O[C@H]1CO[C@H]2OCC[C@H]21)S(=O)(=O)c1ccc2c(c1)OCCO2.CC(C)C(C)(C)CCCCNC(=O)N(C)C.CN(C)C(=O)Cl. The lowest BCUT2D eigenvalue weighted by Crippen LogP contribution is -2.52. The van der Waals surface area contributed by atoms with E-state index in [2.05, 4.69) is 38.3 Å². The predicted molar refractivity (Wildman–Crippen MR) is 265 cm³/mol. The lowest BCUT2D eigenvalue weighted by molar-refractivity contribution is -0.0907. The maximum absolute atomic E-state index is 14.3. The molecule has 0 radical (unpaired) electrons. The summed E-state index contributed by atoms with van der Waals surface area (Å²) in [5, 5.41) is 17.0. The van der Waals surface area contributed by atoms with Crippen LogP contribution < -0.4 is 25.8 Å². The third kappa shape index (κ3) is 19.5. The van der Waals surface area contributed by atoms with Gasteiger partial charge in [-0.3, -0.25) is 4.79 Å². The van der Waals surface area contributed by atoms with Crippen LogP contribution in [0.5, 0.6) is 11.5 Å². The molecule has 2 aromatic carbocycles. The summed E-state index contributed by atoms with van der Waals surface area (Å²) in [4.78, 5) is 37.2. The number of fused-ring (bicyclic) bond motifs is 2. The van der Waals surface area contributed by atoms with Crippen molar-refractivity contribution in [1.82, 2.24) is 24.7 Å². The second-order valence-electron chi connectivity index (χ2n) is 19.9. The molecule has 4 amide bonds. The number of carbonyl (C=O) groups excluding carboxylic acids is 3. The number of amides is 4. The average Bonchev–Trinajstić information content (AvgIpc) is 3.91. The molecular weight excluding hydrogens is 916 g/mol. The van der Waals surface area contributed by atoms with Crippen molar-refractivity contribution in [2.45, 2.75) is 122 Å². The number of aliphatic hydroxyl groups is 1. The summed E-state index contributed by atoms with van der Waals surface area (Å²) >= 11 is 4.90. The molecule has 0 spiro atoms. The summed E-state index contributed by atoms with van der Waals surface area (Å²) in [6.45, 7) is 15.9. The van der Waals surface area contributed by atoms with Crippen LogP contribution >= 0.6 is 11.6 Å². The van der Waals surface area contributed by atoms with Crippen molar-refractivity contribution in [3.8, 4) is 11.5 Å². The van der Waals surface area contributed by atoms with E-state index in [-0.39, 0.29) is 49.3 Å². The number of alkyl carbamates (subject to hydrolysis) is 1. The number of nitrogens with two attached hydrogens (primary N) is 1. The molecule has 2 aromatic rings.